The summed E-state index contributed by atoms with van der Waals surface area (Å²) in [5, 5.41) is 6.51. The van der Waals surface area contributed by atoms with E-state index in [0.717, 1.165) is 22.2 Å². The first kappa shape index (κ1) is 19.9. The van der Waals surface area contributed by atoms with Gasteiger partial charge in [-0.05, 0) is 55.0 Å². The Morgan fingerprint density at radius 3 is 2.57 bits per heavy atom. The molecule has 0 spiro atoms. The third-order valence-electron chi connectivity index (χ3n) is 6.11. The van der Waals surface area contributed by atoms with Crippen molar-refractivity contribution in [2.45, 2.75) is 45.1 Å². The second-order valence-electron chi connectivity index (χ2n) is 7.87. The number of hydrogen-bond acceptors (Lipinski definition) is 3. The monoisotopic (exact) mass is 403 g/mol. The minimum absolute atomic E-state index is 0.113. The number of benzene rings is 2. The number of anilines is 1. The number of carbonyl (C=O) groups is 3. The molecule has 6 heteroatoms. The standard InChI is InChI=1S/C24H25N3O3/c1-3-24(13-12-21(28)26-23(24)30)18-8-10-19(11-9-18)25-22(29)15-27-16(2)14-17-6-4-5-7-20(17)27/h4-11,14H,3,12-13,15H2,1-2H3,(H,25,29)(H,26,28,30). The largest absolute Gasteiger partial charge is 0.335 e. The Labute approximate surface area is 175 Å². The average Bonchev–Trinajstić information content (AvgIpc) is 3.04. The SMILES string of the molecule is CCC1(c2ccc(NC(=O)Cn3c(C)cc4ccccc43)cc2)CCC(=O)NC1=O. The first-order chi connectivity index (χ1) is 14.4. The quantitative estimate of drug-likeness (QED) is 0.638. The van der Waals surface area contributed by atoms with Crippen LogP contribution in [0.5, 0.6) is 0 Å². The molecule has 0 radical (unpaired) electrons. The summed E-state index contributed by atoms with van der Waals surface area (Å²) < 4.78 is 1.99. The Hall–Kier alpha value is -3.41. The Morgan fingerprint density at radius 1 is 1.13 bits per heavy atom. The van der Waals surface area contributed by atoms with E-state index >= 15 is 0 Å². The number of aryl methyl sites for hydroxylation is 1. The van der Waals surface area contributed by atoms with Crippen LogP contribution in [-0.2, 0) is 26.3 Å². The van der Waals surface area contributed by atoms with Crippen LogP contribution >= 0.6 is 0 Å². The van der Waals surface area contributed by atoms with Gasteiger partial charge in [0.1, 0.15) is 6.54 Å². The number of piperidine rings is 1. The molecule has 2 N–H and O–H groups in total. The predicted molar refractivity (Wildman–Crippen MR) is 116 cm³/mol. The number of nitrogens with zero attached hydrogens (tertiary/aromatic N) is 1. The van der Waals surface area contributed by atoms with Crippen molar-refractivity contribution in [1.29, 1.82) is 0 Å². The summed E-state index contributed by atoms with van der Waals surface area (Å²) in [5.41, 5.74) is 2.90. The smallest absolute Gasteiger partial charge is 0.244 e. The summed E-state index contributed by atoms with van der Waals surface area (Å²) in [6.07, 6.45) is 1.44. The zero-order chi connectivity index (χ0) is 21.3. The van der Waals surface area contributed by atoms with Gasteiger partial charge in [0.25, 0.3) is 0 Å². The molecule has 1 aliphatic heterocycles. The molecule has 0 aliphatic carbocycles. The molecule has 4 rings (SSSR count). The van der Waals surface area contributed by atoms with Gasteiger partial charge in [-0.2, -0.15) is 0 Å². The fraction of sp³-hybridized carbons (Fsp3) is 0.292. The van der Waals surface area contributed by atoms with E-state index in [0.29, 0.717) is 24.9 Å². The number of para-hydroxylation sites is 1. The summed E-state index contributed by atoms with van der Waals surface area (Å²) in [4.78, 5) is 36.7. The van der Waals surface area contributed by atoms with Crippen molar-refractivity contribution < 1.29 is 14.4 Å². The molecular weight excluding hydrogens is 378 g/mol. The van der Waals surface area contributed by atoms with E-state index in [9.17, 15) is 14.4 Å². The molecule has 3 aromatic rings. The van der Waals surface area contributed by atoms with Crippen molar-refractivity contribution in [3.8, 4) is 0 Å². The lowest BCUT2D eigenvalue weighted by atomic mass is 9.72. The lowest BCUT2D eigenvalue weighted by molar-refractivity contribution is -0.138. The van der Waals surface area contributed by atoms with E-state index in [2.05, 4.69) is 16.7 Å². The number of hydrogen-bond donors (Lipinski definition) is 2. The molecule has 0 bridgehead atoms. The molecule has 30 heavy (non-hydrogen) atoms. The van der Waals surface area contributed by atoms with Gasteiger partial charge in [0, 0.05) is 23.3 Å². The second-order valence-corrected chi connectivity index (χ2v) is 7.87. The van der Waals surface area contributed by atoms with Gasteiger partial charge < -0.3 is 9.88 Å². The third kappa shape index (κ3) is 3.49. The molecule has 3 amide bonds. The Kier molecular flexibility index (Phi) is 5.16. The molecule has 6 nitrogen and oxygen atoms in total. The maximum atomic E-state index is 12.6. The zero-order valence-corrected chi connectivity index (χ0v) is 17.2. The van der Waals surface area contributed by atoms with Crippen LogP contribution in [0.4, 0.5) is 5.69 Å². The van der Waals surface area contributed by atoms with Gasteiger partial charge in [0.2, 0.25) is 17.7 Å². The molecule has 1 saturated heterocycles. The third-order valence-corrected chi connectivity index (χ3v) is 6.11. The Balaban J connectivity index is 1.49. The van der Waals surface area contributed by atoms with Crippen molar-refractivity contribution in [2.75, 3.05) is 5.32 Å². The van der Waals surface area contributed by atoms with E-state index in [1.165, 1.54) is 0 Å². The minimum Gasteiger partial charge on any atom is -0.335 e. The van der Waals surface area contributed by atoms with Crippen molar-refractivity contribution >= 4 is 34.3 Å². The van der Waals surface area contributed by atoms with Crippen LogP contribution in [0.2, 0.25) is 0 Å². The second kappa shape index (κ2) is 7.78. The number of amides is 3. The van der Waals surface area contributed by atoms with Crippen molar-refractivity contribution in [3.05, 3.63) is 65.9 Å². The normalized spacial score (nSPS) is 19.0. The van der Waals surface area contributed by atoms with Crippen molar-refractivity contribution in [1.82, 2.24) is 9.88 Å². The highest BCUT2D eigenvalue weighted by Crippen LogP contribution is 2.36. The summed E-state index contributed by atoms with van der Waals surface area (Å²) in [6.45, 7) is 4.17. The summed E-state index contributed by atoms with van der Waals surface area (Å²) in [5.74, 6) is -0.577. The highest BCUT2D eigenvalue weighted by atomic mass is 16.2. The van der Waals surface area contributed by atoms with Gasteiger partial charge in [0.05, 0.1) is 5.41 Å². The first-order valence-corrected chi connectivity index (χ1v) is 10.2. The molecule has 154 valence electrons. The average molecular weight is 403 g/mol. The summed E-state index contributed by atoms with van der Waals surface area (Å²) in [7, 11) is 0. The van der Waals surface area contributed by atoms with Crippen LogP contribution < -0.4 is 10.6 Å². The maximum absolute atomic E-state index is 12.6. The van der Waals surface area contributed by atoms with E-state index in [4.69, 9.17) is 0 Å². The molecule has 1 aliphatic rings. The van der Waals surface area contributed by atoms with Crippen LogP contribution in [0.15, 0.2) is 54.6 Å². The summed E-state index contributed by atoms with van der Waals surface area (Å²) in [6, 6.07) is 17.4. The van der Waals surface area contributed by atoms with Crippen LogP contribution in [-0.4, -0.2) is 22.3 Å². The van der Waals surface area contributed by atoms with Gasteiger partial charge in [-0.15, -0.1) is 0 Å². The molecule has 1 atom stereocenters. The highest BCUT2D eigenvalue weighted by Gasteiger charge is 2.42. The van der Waals surface area contributed by atoms with E-state index in [1.54, 1.807) is 0 Å². The molecule has 0 saturated carbocycles. The summed E-state index contributed by atoms with van der Waals surface area (Å²) >= 11 is 0. The number of rotatable bonds is 5. The Morgan fingerprint density at radius 2 is 1.87 bits per heavy atom. The fourth-order valence-corrected chi connectivity index (χ4v) is 4.34. The molecule has 1 fully saturated rings. The lowest BCUT2D eigenvalue weighted by Crippen LogP contribution is -2.51. The minimum atomic E-state index is -0.697. The number of nitrogens with one attached hydrogen (secondary N) is 2. The first-order valence-electron chi connectivity index (χ1n) is 10.2. The van der Waals surface area contributed by atoms with Gasteiger partial charge in [0.15, 0.2) is 0 Å². The molecule has 2 heterocycles. The van der Waals surface area contributed by atoms with Gasteiger partial charge in [-0.3, -0.25) is 19.7 Å². The van der Waals surface area contributed by atoms with Crippen LogP contribution in [0, 0.1) is 6.92 Å². The number of fused-ring (bicyclic) bond motifs is 1. The zero-order valence-electron chi connectivity index (χ0n) is 17.2. The van der Waals surface area contributed by atoms with Crippen molar-refractivity contribution in [3.63, 3.8) is 0 Å². The topological polar surface area (TPSA) is 80.2 Å². The lowest BCUT2D eigenvalue weighted by Gasteiger charge is -2.35. The maximum Gasteiger partial charge on any atom is 0.244 e. The van der Waals surface area contributed by atoms with Gasteiger partial charge in [-0.1, -0.05) is 37.3 Å². The van der Waals surface area contributed by atoms with Gasteiger partial charge >= 0.3 is 0 Å². The number of imide groups is 1. The number of aromatic nitrogens is 1. The fourth-order valence-electron chi connectivity index (χ4n) is 4.34. The van der Waals surface area contributed by atoms with Crippen molar-refractivity contribution in [2.24, 2.45) is 0 Å². The van der Waals surface area contributed by atoms with E-state index < -0.39 is 5.41 Å². The molecular formula is C24H25N3O3. The molecule has 1 aromatic heterocycles. The van der Waals surface area contributed by atoms with E-state index in [-0.39, 0.29) is 24.3 Å². The van der Waals surface area contributed by atoms with Crippen LogP contribution in [0.3, 0.4) is 0 Å². The molecule has 1 unspecified atom stereocenters. The molecule has 2 aromatic carbocycles. The van der Waals surface area contributed by atoms with Crippen LogP contribution in [0.1, 0.15) is 37.4 Å². The van der Waals surface area contributed by atoms with Gasteiger partial charge in [-0.25, -0.2) is 0 Å². The predicted octanol–water partition coefficient (Wildman–Crippen LogP) is 3.67. The van der Waals surface area contributed by atoms with Crippen LogP contribution in [0.25, 0.3) is 10.9 Å². The Bertz CT molecular complexity index is 1130. The number of carbonyl (C=O) groups excluding carboxylic acids is 3. The van der Waals surface area contributed by atoms with E-state index in [1.807, 2.05) is 66.9 Å². The highest BCUT2D eigenvalue weighted by molar-refractivity contribution is 6.03.